The van der Waals surface area contributed by atoms with Crippen molar-refractivity contribution in [1.29, 1.82) is 0 Å². The second-order valence-electron chi connectivity index (χ2n) is 6.10. The molecule has 0 radical (unpaired) electrons. The van der Waals surface area contributed by atoms with Crippen molar-refractivity contribution in [1.82, 2.24) is 9.78 Å². The Morgan fingerprint density at radius 1 is 0.957 bits per heavy atom. The van der Waals surface area contributed by atoms with E-state index in [4.69, 9.17) is 4.74 Å². The Morgan fingerprint density at radius 3 is 2.43 bits per heavy atom. The van der Waals surface area contributed by atoms with E-state index in [2.05, 4.69) is 42.4 Å². The van der Waals surface area contributed by atoms with Gasteiger partial charge < -0.3 is 4.74 Å². The number of hydrogen-bond donors (Lipinski definition) is 0. The molecule has 0 aliphatic heterocycles. The second kappa shape index (κ2) is 6.29. The molecule has 3 nitrogen and oxygen atoms in total. The molecule has 2 aromatic carbocycles. The lowest BCUT2D eigenvalue weighted by Crippen LogP contribution is -2.05. The molecule has 3 heteroatoms. The summed E-state index contributed by atoms with van der Waals surface area (Å²) in [5.74, 6) is 0.898. The lowest BCUT2D eigenvalue weighted by Gasteiger charge is -2.12. The van der Waals surface area contributed by atoms with E-state index in [1.54, 1.807) is 0 Å². The number of aryl methyl sites for hydroxylation is 2. The summed E-state index contributed by atoms with van der Waals surface area (Å²) < 4.78 is 7.73. The van der Waals surface area contributed by atoms with Crippen molar-refractivity contribution in [3.05, 3.63) is 66.0 Å². The Labute approximate surface area is 137 Å². The summed E-state index contributed by atoms with van der Waals surface area (Å²) in [5, 5.41) is 4.53. The third-order valence-corrected chi connectivity index (χ3v) is 3.72. The number of rotatable bonds is 4. The van der Waals surface area contributed by atoms with Crippen LogP contribution in [0, 0.1) is 13.8 Å². The topological polar surface area (TPSA) is 27.1 Å². The molecule has 0 bridgehead atoms. The molecule has 3 aromatic rings. The first-order chi connectivity index (χ1) is 11.0. The molecule has 118 valence electrons. The second-order valence-corrected chi connectivity index (χ2v) is 6.10. The van der Waals surface area contributed by atoms with E-state index in [0.717, 1.165) is 28.3 Å². The van der Waals surface area contributed by atoms with Gasteiger partial charge in [0.15, 0.2) is 0 Å². The van der Waals surface area contributed by atoms with Crippen molar-refractivity contribution in [3.8, 4) is 22.6 Å². The molecule has 1 aromatic heterocycles. The minimum atomic E-state index is 0.172. The SMILES string of the molecule is Cc1ccn(-c2cc(-c3cccc(OC(C)C)c3)ccc2C)n1. The van der Waals surface area contributed by atoms with Gasteiger partial charge in [0.1, 0.15) is 5.75 Å². The number of aromatic nitrogens is 2. The van der Waals surface area contributed by atoms with Crippen LogP contribution >= 0.6 is 0 Å². The Hall–Kier alpha value is -2.55. The van der Waals surface area contributed by atoms with Crippen LogP contribution in [0.5, 0.6) is 5.75 Å². The molecule has 23 heavy (non-hydrogen) atoms. The quantitative estimate of drug-likeness (QED) is 0.682. The molecular weight excluding hydrogens is 284 g/mol. The van der Waals surface area contributed by atoms with Crippen LogP contribution in [-0.4, -0.2) is 15.9 Å². The highest BCUT2D eigenvalue weighted by Gasteiger charge is 2.07. The van der Waals surface area contributed by atoms with Gasteiger partial charge in [0.25, 0.3) is 0 Å². The molecule has 0 aliphatic rings. The highest BCUT2D eigenvalue weighted by molar-refractivity contribution is 5.68. The molecule has 3 rings (SSSR count). The zero-order chi connectivity index (χ0) is 16.4. The van der Waals surface area contributed by atoms with Crippen molar-refractivity contribution in [3.63, 3.8) is 0 Å². The first-order valence-corrected chi connectivity index (χ1v) is 7.93. The van der Waals surface area contributed by atoms with E-state index in [1.807, 2.05) is 49.8 Å². The number of benzene rings is 2. The first-order valence-electron chi connectivity index (χ1n) is 7.93. The molecule has 0 N–H and O–H groups in total. The summed E-state index contributed by atoms with van der Waals surface area (Å²) in [6, 6.07) is 16.7. The van der Waals surface area contributed by atoms with E-state index in [9.17, 15) is 0 Å². The number of hydrogen-bond acceptors (Lipinski definition) is 2. The Balaban J connectivity index is 2.01. The first kappa shape index (κ1) is 15.3. The van der Waals surface area contributed by atoms with E-state index < -0.39 is 0 Å². The average molecular weight is 306 g/mol. The van der Waals surface area contributed by atoms with Crippen LogP contribution in [0.15, 0.2) is 54.7 Å². The zero-order valence-electron chi connectivity index (χ0n) is 14.1. The van der Waals surface area contributed by atoms with Crippen LogP contribution in [0.3, 0.4) is 0 Å². The van der Waals surface area contributed by atoms with Gasteiger partial charge in [-0.2, -0.15) is 5.10 Å². The fraction of sp³-hybridized carbons (Fsp3) is 0.250. The minimum absolute atomic E-state index is 0.172. The smallest absolute Gasteiger partial charge is 0.120 e. The van der Waals surface area contributed by atoms with Crippen molar-refractivity contribution in [2.24, 2.45) is 0 Å². The van der Waals surface area contributed by atoms with Crippen LogP contribution in [-0.2, 0) is 0 Å². The lowest BCUT2D eigenvalue weighted by molar-refractivity contribution is 0.242. The van der Waals surface area contributed by atoms with Crippen LogP contribution < -0.4 is 4.74 Å². The molecule has 0 amide bonds. The summed E-state index contributed by atoms with van der Waals surface area (Å²) in [4.78, 5) is 0. The highest BCUT2D eigenvalue weighted by Crippen LogP contribution is 2.27. The minimum Gasteiger partial charge on any atom is -0.491 e. The molecule has 0 fully saturated rings. The van der Waals surface area contributed by atoms with Gasteiger partial charge in [-0.15, -0.1) is 0 Å². The summed E-state index contributed by atoms with van der Waals surface area (Å²) in [7, 11) is 0. The lowest BCUT2D eigenvalue weighted by atomic mass is 10.0. The summed E-state index contributed by atoms with van der Waals surface area (Å²) in [5.41, 5.74) is 5.63. The van der Waals surface area contributed by atoms with Crippen molar-refractivity contribution < 1.29 is 4.74 Å². The van der Waals surface area contributed by atoms with Crippen LogP contribution in [0.1, 0.15) is 25.1 Å². The van der Waals surface area contributed by atoms with Gasteiger partial charge in [0.2, 0.25) is 0 Å². The van der Waals surface area contributed by atoms with Gasteiger partial charge >= 0.3 is 0 Å². The Bertz CT molecular complexity index is 818. The average Bonchev–Trinajstić information content (AvgIpc) is 2.94. The molecule has 0 saturated carbocycles. The summed E-state index contributed by atoms with van der Waals surface area (Å²) in [6.07, 6.45) is 2.17. The Morgan fingerprint density at radius 2 is 1.74 bits per heavy atom. The number of ether oxygens (including phenoxy) is 1. The number of nitrogens with zero attached hydrogens (tertiary/aromatic N) is 2. The van der Waals surface area contributed by atoms with Crippen molar-refractivity contribution in [2.75, 3.05) is 0 Å². The van der Waals surface area contributed by atoms with Gasteiger partial charge in [0.05, 0.1) is 17.5 Å². The van der Waals surface area contributed by atoms with Gasteiger partial charge in [0, 0.05) is 6.20 Å². The molecule has 0 unspecified atom stereocenters. The van der Waals surface area contributed by atoms with Gasteiger partial charge in [-0.05, 0) is 68.7 Å². The maximum Gasteiger partial charge on any atom is 0.120 e. The van der Waals surface area contributed by atoms with E-state index in [-0.39, 0.29) is 6.10 Å². The molecule has 1 heterocycles. The highest BCUT2D eigenvalue weighted by atomic mass is 16.5. The molecule has 0 saturated heterocycles. The largest absolute Gasteiger partial charge is 0.491 e. The zero-order valence-corrected chi connectivity index (χ0v) is 14.1. The van der Waals surface area contributed by atoms with Crippen molar-refractivity contribution in [2.45, 2.75) is 33.8 Å². The monoisotopic (exact) mass is 306 g/mol. The fourth-order valence-corrected chi connectivity index (χ4v) is 2.61. The van der Waals surface area contributed by atoms with Gasteiger partial charge in [-0.3, -0.25) is 0 Å². The predicted octanol–water partition coefficient (Wildman–Crippen LogP) is 4.94. The van der Waals surface area contributed by atoms with E-state index in [0.29, 0.717) is 0 Å². The van der Waals surface area contributed by atoms with Crippen molar-refractivity contribution >= 4 is 0 Å². The predicted molar refractivity (Wildman–Crippen MR) is 94.2 cm³/mol. The normalized spacial score (nSPS) is 11.0. The maximum absolute atomic E-state index is 5.80. The molecule has 0 spiro atoms. The van der Waals surface area contributed by atoms with Gasteiger partial charge in [-0.1, -0.05) is 24.3 Å². The van der Waals surface area contributed by atoms with E-state index in [1.165, 1.54) is 5.56 Å². The van der Waals surface area contributed by atoms with Gasteiger partial charge in [-0.25, -0.2) is 4.68 Å². The fourth-order valence-electron chi connectivity index (χ4n) is 2.61. The third-order valence-electron chi connectivity index (χ3n) is 3.72. The standard InChI is InChI=1S/C20H22N2O/c1-14(2)23-19-7-5-6-17(12-19)18-9-8-15(3)20(13-18)22-11-10-16(4)21-22/h5-14H,1-4H3. The third kappa shape index (κ3) is 3.45. The summed E-state index contributed by atoms with van der Waals surface area (Å²) >= 11 is 0. The molecular formula is C20H22N2O. The summed E-state index contributed by atoms with van der Waals surface area (Å²) in [6.45, 7) is 8.18. The van der Waals surface area contributed by atoms with E-state index >= 15 is 0 Å². The van der Waals surface area contributed by atoms with Crippen LogP contribution in [0.25, 0.3) is 16.8 Å². The molecule has 0 aliphatic carbocycles. The van der Waals surface area contributed by atoms with Crippen LogP contribution in [0.2, 0.25) is 0 Å². The molecule has 0 atom stereocenters. The Kier molecular flexibility index (Phi) is 4.20. The van der Waals surface area contributed by atoms with Crippen LogP contribution in [0.4, 0.5) is 0 Å². The maximum atomic E-state index is 5.80.